The topological polar surface area (TPSA) is 110 Å². The highest BCUT2D eigenvalue weighted by molar-refractivity contribution is 7.89. The fourth-order valence-electron chi connectivity index (χ4n) is 3.17. The summed E-state index contributed by atoms with van der Waals surface area (Å²) in [5.74, 6) is -0.0678. The minimum absolute atomic E-state index is 0.0948. The Morgan fingerprint density at radius 3 is 2.15 bits per heavy atom. The van der Waals surface area contributed by atoms with Crippen molar-refractivity contribution in [3.05, 3.63) is 54.1 Å². The number of nitrogens with zero attached hydrogens (tertiary/aromatic N) is 2. The van der Waals surface area contributed by atoms with Gasteiger partial charge in [0.15, 0.2) is 0 Å². The molecule has 10 heteroatoms. The molecule has 0 aliphatic heterocycles. The van der Waals surface area contributed by atoms with Crippen LogP contribution < -0.4 is 14.8 Å². The zero-order valence-corrected chi connectivity index (χ0v) is 21.8. The molecule has 1 amide bonds. The van der Waals surface area contributed by atoms with E-state index in [1.807, 2.05) is 24.3 Å². The van der Waals surface area contributed by atoms with E-state index >= 15 is 0 Å². The van der Waals surface area contributed by atoms with Crippen LogP contribution in [0.2, 0.25) is 0 Å². The van der Waals surface area contributed by atoms with Crippen LogP contribution in [0, 0.1) is 5.92 Å². The average Bonchev–Trinajstić information content (AvgIpc) is 3.25. The maximum Gasteiger partial charge on any atom is 0.244 e. The Kier molecular flexibility index (Phi) is 7.74. The molecule has 2 N–H and O–H groups in total. The molecule has 182 valence electrons. The largest absolute Gasteiger partial charge is 0.497 e. The van der Waals surface area contributed by atoms with E-state index in [9.17, 15) is 13.2 Å². The van der Waals surface area contributed by atoms with Gasteiger partial charge in [0.2, 0.25) is 21.1 Å². The van der Waals surface area contributed by atoms with Gasteiger partial charge in [-0.1, -0.05) is 58.1 Å². The minimum atomic E-state index is -3.90. The summed E-state index contributed by atoms with van der Waals surface area (Å²) in [7, 11) is -2.31. The van der Waals surface area contributed by atoms with Gasteiger partial charge in [0.1, 0.15) is 16.8 Å². The average molecular weight is 503 g/mol. The summed E-state index contributed by atoms with van der Waals surface area (Å²) in [5, 5.41) is 11.8. The number of benzene rings is 2. The predicted octanol–water partition coefficient (Wildman–Crippen LogP) is 4.45. The summed E-state index contributed by atoms with van der Waals surface area (Å²) < 4.78 is 33.7. The van der Waals surface area contributed by atoms with Gasteiger partial charge in [-0.15, -0.1) is 10.2 Å². The number of carbonyl (C=O) groups is 1. The molecule has 1 heterocycles. The second-order valence-electron chi connectivity index (χ2n) is 9.25. The lowest BCUT2D eigenvalue weighted by atomic mass is 9.87. The van der Waals surface area contributed by atoms with Gasteiger partial charge in [-0.2, -0.15) is 4.72 Å². The molecule has 0 bridgehead atoms. The van der Waals surface area contributed by atoms with Gasteiger partial charge < -0.3 is 4.74 Å². The Labute approximate surface area is 204 Å². The van der Waals surface area contributed by atoms with E-state index in [0.717, 1.165) is 16.9 Å². The maximum absolute atomic E-state index is 13.0. The van der Waals surface area contributed by atoms with Crippen molar-refractivity contribution in [3.8, 4) is 16.3 Å². The van der Waals surface area contributed by atoms with Crippen molar-refractivity contribution in [1.82, 2.24) is 14.9 Å². The smallest absolute Gasteiger partial charge is 0.244 e. The van der Waals surface area contributed by atoms with Gasteiger partial charge in [-0.25, -0.2) is 8.42 Å². The molecule has 0 fully saturated rings. The summed E-state index contributed by atoms with van der Waals surface area (Å²) in [4.78, 5) is 13.1. The number of carbonyl (C=O) groups excluding carboxylic acids is 1. The summed E-state index contributed by atoms with van der Waals surface area (Å²) in [5.41, 5.74) is 1.76. The first-order chi connectivity index (χ1) is 15.9. The number of sulfonamides is 1. The van der Waals surface area contributed by atoms with Gasteiger partial charge in [-0.05, 0) is 53.3 Å². The minimum Gasteiger partial charge on any atom is -0.497 e. The van der Waals surface area contributed by atoms with Crippen molar-refractivity contribution in [2.24, 2.45) is 5.92 Å². The number of hydrogen-bond acceptors (Lipinski definition) is 7. The van der Waals surface area contributed by atoms with E-state index in [1.165, 1.54) is 11.3 Å². The van der Waals surface area contributed by atoms with Crippen molar-refractivity contribution in [3.63, 3.8) is 0 Å². The van der Waals surface area contributed by atoms with Gasteiger partial charge in [0.05, 0.1) is 12.0 Å². The quantitative estimate of drug-likeness (QED) is 0.471. The molecule has 0 unspecified atom stereocenters. The normalized spacial score (nSPS) is 13.0. The zero-order valence-electron chi connectivity index (χ0n) is 20.1. The van der Waals surface area contributed by atoms with Crippen molar-refractivity contribution >= 4 is 32.4 Å². The highest BCUT2D eigenvalue weighted by Crippen LogP contribution is 2.28. The molecule has 3 rings (SSSR count). The van der Waals surface area contributed by atoms with Gasteiger partial charge >= 0.3 is 0 Å². The molecule has 0 aliphatic rings. The lowest BCUT2D eigenvalue weighted by Crippen LogP contribution is -2.47. The van der Waals surface area contributed by atoms with Crippen LogP contribution in [-0.2, 0) is 20.2 Å². The number of ether oxygens (including phenoxy) is 1. The lowest BCUT2D eigenvalue weighted by Gasteiger charge is -2.22. The Hall–Kier alpha value is -2.82. The van der Waals surface area contributed by atoms with E-state index in [1.54, 1.807) is 45.2 Å². The molecule has 1 aromatic heterocycles. The van der Waals surface area contributed by atoms with Crippen LogP contribution in [0.5, 0.6) is 5.75 Å². The second kappa shape index (κ2) is 10.2. The van der Waals surface area contributed by atoms with Crippen LogP contribution in [0.3, 0.4) is 0 Å². The Bertz CT molecular complexity index is 1230. The first-order valence-corrected chi connectivity index (χ1v) is 13.1. The van der Waals surface area contributed by atoms with Gasteiger partial charge in [0.25, 0.3) is 0 Å². The lowest BCUT2D eigenvalue weighted by molar-refractivity contribution is -0.118. The molecule has 34 heavy (non-hydrogen) atoms. The number of rotatable bonds is 8. The number of methoxy groups -OCH3 is 1. The number of amides is 1. The summed E-state index contributed by atoms with van der Waals surface area (Å²) in [6.45, 7) is 9.72. The monoisotopic (exact) mass is 502 g/mol. The highest BCUT2D eigenvalue weighted by atomic mass is 32.2. The summed E-state index contributed by atoms with van der Waals surface area (Å²) in [6.07, 6.45) is 0. The molecule has 0 radical (unpaired) electrons. The van der Waals surface area contributed by atoms with Crippen LogP contribution in [0.1, 0.15) is 40.2 Å². The second-order valence-corrected chi connectivity index (χ2v) is 11.9. The third-order valence-electron chi connectivity index (χ3n) is 5.25. The van der Waals surface area contributed by atoms with E-state index in [-0.39, 0.29) is 21.4 Å². The fraction of sp³-hybridized carbons (Fsp3) is 0.375. The summed E-state index contributed by atoms with van der Waals surface area (Å²) in [6, 6.07) is 13.0. The molecule has 0 saturated heterocycles. The number of aromatic nitrogens is 2. The molecule has 1 atom stereocenters. The van der Waals surface area contributed by atoms with E-state index in [2.05, 4.69) is 41.0 Å². The fourth-order valence-corrected chi connectivity index (χ4v) is 5.26. The number of nitrogens with one attached hydrogen (secondary N) is 2. The third-order valence-corrected chi connectivity index (χ3v) is 7.60. The molecule has 2 aromatic carbocycles. The van der Waals surface area contributed by atoms with Crippen molar-refractivity contribution in [2.45, 2.75) is 51.0 Å². The molecule has 3 aromatic rings. The Balaban J connectivity index is 1.73. The maximum atomic E-state index is 13.0. The van der Waals surface area contributed by atoms with E-state index < -0.39 is 22.0 Å². The van der Waals surface area contributed by atoms with Gasteiger partial charge in [0, 0.05) is 5.56 Å². The molecule has 0 spiro atoms. The highest BCUT2D eigenvalue weighted by Gasteiger charge is 2.29. The molecular formula is C24H30N4O4S2. The first kappa shape index (κ1) is 25.8. The molecule has 0 saturated carbocycles. The standard InChI is InChI=1S/C24H30N4O4S2/c1-15(2)20(28-34(30,31)19-13-9-17(10-14-19)24(3,4)5)21(29)25-23-27-26-22(33-23)16-7-11-18(32-6)12-8-16/h7-15,20,28H,1-6H3,(H,25,27,29)/t20-/m0/s1. The molecule has 0 aliphatic carbocycles. The SMILES string of the molecule is COc1ccc(-c2nnc(NC(=O)[C@@H](NS(=O)(=O)c3ccc(C(C)(C)C)cc3)C(C)C)s2)cc1. The van der Waals surface area contributed by atoms with E-state index in [4.69, 9.17) is 4.74 Å². The van der Waals surface area contributed by atoms with Crippen LogP contribution in [0.25, 0.3) is 10.6 Å². The Morgan fingerprint density at radius 2 is 1.62 bits per heavy atom. The zero-order chi connectivity index (χ0) is 25.1. The van der Waals surface area contributed by atoms with Crippen LogP contribution in [0.15, 0.2) is 53.4 Å². The van der Waals surface area contributed by atoms with Crippen molar-refractivity contribution in [2.75, 3.05) is 12.4 Å². The first-order valence-electron chi connectivity index (χ1n) is 10.8. The predicted molar refractivity (Wildman–Crippen MR) is 135 cm³/mol. The number of hydrogen-bond donors (Lipinski definition) is 2. The molecular weight excluding hydrogens is 472 g/mol. The van der Waals surface area contributed by atoms with Crippen LogP contribution in [-0.4, -0.2) is 37.7 Å². The third kappa shape index (κ3) is 6.19. The number of anilines is 1. The van der Waals surface area contributed by atoms with Gasteiger partial charge in [-0.3, -0.25) is 10.1 Å². The van der Waals surface area contributed by atoms with Crippen LogP contribution in [0.4, 0.5) is 5.13 Å². The van der Waals surface area contributed by atoms with Crippen molar-refractivity contribution < 1.29 is 17.9 Å². The van der Waals surface area contributed by atoms with Crippen LogP contribution >= 0.6 is 11.3 Å². The Morgan fingerprint density at radius 1 is 1.00 bits per heavy atom. The van der Waals surface area contributed by atoms with E-state index in [0.29, 0.717) is 5.01 Å². The molecule has 8 nitrogen and oxygen atoms in total. The van der Waals surface area contributed by atoms with Crippen molar-refractivity contribution in [1.29, 1.82) is 0 Å². The summed E-state index contributed by atoms with van der Waals surface area (Å²) >= 11 is 1.20.